The Balaban J connectivity index is 1.52. The molecule has 8 heteroatoms. The Hall–Kier alpha value is -3.78. The van der Waals surface area contributed by atoms with Gasteiger partial charge in [-0.25, -0.2) is 9.37 Å². The van der Waals surface area contributed by atoms with Crippen molar-refractivity contribution in [2.45, 2.75) is 26.2 Å². The largest absolute Gasteiger partial charge is 0.494 e. The lowest BCUT2D eigenvalue weighted by Crippen LogP contribution is -2.08. The minimum absolute atomic E-state index is 0.00693. The number of fused-ring (bicyclic) bond motifs is 1. The van der Waals surface area contributed by atoms with Gasteiger partial charge in [0.2, 0.25) is 0 Å². The number of pyridine rings is 1. The molecule has 0 radical (unpaired) electrons. The highest BCUT2D eigenvalue weighted by Gasteiger charge is 2.19. The molecule has 186 valence electrons. The molecule has 36 heavy (non-hydrogen) atoms. The molecule has 4 aromatic rings. The van der Waals surface area contributed by atoms with E-state index >= 15 is 0 Å². The average Bonchev–Trinajstić information content (AvgIpc) is 3.35. The molecule has 0 atom stereocenters. The highest BCUT2D eigenvalue weighted by atomic mass is 32.1. The zero-order chi connectivity index (χ0) is 25.7. The van der Waals surface area contributed by atoms with E-state index in [4.69, 9.17) is 14.2 Å². The molecule has 6 nitrogen and oxygen atoms in total. The van der Waals surface area contributed by atoms with Gasteiger partial charge in [0, 0.05) is 34.7 Å². The number of methoxy groups -OCH3 is 2. The predicted molar refractivity (Wildman–Crippen MR) is 138 cm³/mol. The van der Waals surface area contributed by atoms with Gasteiger partial charge in [0.05, 0.1) is 25.5 Å². The summed E-state index contributed by atoms with van der Waals surface area (Å²) in [6.07, 6.45) is 0.867. The van der Waals surface area contributed by atoms with Gasteiger partial charge >= 0.3 is 0 Å². The number of halogens is 1. The van der Waals surface area contributed by atoms with Crippen LogP contribution in [-0.4, -0.2) is 37.4 Å². The average molecular weight is 508 g/mol. The van der Waals surface area contributed by atoms with Crippen LogP contribution >= 0.6 is 11.3 Å². The molecule has 0 amide bonds. The van der Waals surface area contributed by atoms with Crippen molar-refractivity contribution in [1.29, 1.82) is 0 Å². The van der Waals surface area contributed by atoms with Crippen molar-refractivity contribution in [3.05, 3.63) is 71.0 Å². The molecule has 0 unspecified atom stereocenters. The van der Waals surface area contributed by atoms with E-state index in [1.165, 1.54) is 31.6 Å². The van der Waals surface area contributed by atoms with Crippen molar-refractivity contribution in [2.24, 2.45) is 0 Å². The number of ketones is 2. The third kappa shape index (κ3) is 5.23. The second kappa shape index (κ2) is 11.3. The molecule has 2 aromatic heterocycles. The predicted octanol–water partition coefficient (Wildman–Crippen LogP) is 6.75. The fourth-order valence-corrected chi connectivity index (χ4v) is 4.80. The third-order valence-corrected chi connectivity index (χ3v) is 6.70. The first kappa shape index (κ1) is 25.3. The first-order valence-electron chi connectivity index (χ1n) is 11.5. The van der Waals surface area contributed by atoms with Crippen LogP contribution in [0.25, 0.3) is 21.3 Å². The van der Waals surface area contributed by atoms with Crippen LogP contribution in [0.1, 0.15) is 47.0 Å². The number of benzene rings is 2. The van der Waals surface area contributed by atoms with Gasteiger partial charge < -0.3 is 14.2 Å². The second-order valence-corrected chi connectivity index (χ2v) is 8.95. The Labute approximate surface area is 212 Å². The first-order valence-corrected chi connectivity index (χ1v) is 12.4. The summed E-state index contributed by atoms with van der Waals surface area (Å²) in [5, 5.41) is 2.50. The van der Waals surface area contributed by atoms with Crippen LogP contribution in [0.3, 0.4) is 0 Å². The Bertz CT molecular complexity index is 1410. The number of thiophene rings is 1. The summed E-state index contributed by atoms with van der Waals surface area (Å²) in [6, 6.07) is 13.1. The van der Waals surface area contributed by atoms with Gasteiger partial charge in [-0.05, 0) is 42.8 Å². The van der Waals surface area contributed by atoms with Gasteiger partial charge in [0.15, 0.2) is 23.1 Å². The molecule has 0 saturated carbocycles. The quantitative estimate of drug-likeness (QED) is 0.209. The Kier molecular flexibility index (Phi) is 7.95. The molecule has 0 fully saturated rings. The summed E-state index contributed by atoms with van der Waals surface area (Å²) in [4.78, 5) is 30.3. The van der Waals surface area contributed by atoms with E-state index in [2.05, 4.69) is 4.98 Å². The van der Waals surface area contributed by atoms with E-state index in [0.29, 0.717) is 50.8 Å². The number of rotatable bonds is 11. The van der Waals surface area contributed by atoms with Crippen molar-refractivity contribution >= 4 is 33.0 Å². The molecule has 0 aliphatic carbocycles. The molecule has 0 saturated heterocycles. The lowest BCUT2D eigenvalue weighted by molar-refractivity contribution is 0.0915. The summed E-state index contributed by atoms with van der Waals surface area (Å²) >= 11 is 1.27. The van der Waals surface area contributed by atoms with E-state index in [-0.39, 0.29) is 35.9 Å². The molecule has 2 heterocycles. The van der Waals surface area contributed by atoms with Crippen molar-refractivity contribution < 1.29 is 28.2 Å². The van der Waals surface area contributed by atoms with Crippen molar-refractivity contribution in [3.63, 3.8) is 0 Å². The standard InChI is InChI=1S/C28H26FNO5S/c1-4-14-35-24-12-8-17(15-26(24)34-3)22(31)10-11-23(32)21-9-13-25(33-2)27(30-21)19-16-36-28-18(19)6-5-7-20(28)29/h5-9,12-13,15-16H,4,10-11,14H2,1-3H3. The van der Waals surface area contributed by atoms with Crippen LogP contribution in [0.2, 0.25) is 0 Å². The summed E-state index contributed by atoms with van der Waals surface area (Å²) in [6.45, 7) is 2.55. The molecule has 0 bridgehead atoms. The molecule has 0 aliphatic rings. The van der Waals surface area contributed by atoms with Gasteiger partial charge in [-0.15, -0.1) is 11.3 Å². The maximum absolute atomic E-state index is 14.2. The molecular formula is C28H26FNO5S. The molecular weight excluding hydrogens is 481 g/mol. The monoisotopic (exact) mass is 507 g/mol. The molecule has 4 rings (SSSR count). The normalized spacial score (nSPS) is 10.9. The third-order valence-electron chi connectivity index (χ3n) is 5.70. The van der Waals surface area contributed by atoms with E-state index in [0.717, 1.165) is 6.42 Å². The molecule has 0 aliphatic heterocycles. The van der Waals surface area contributed by atoms with Crippen molar-refractivity contribution in [3.8, 4) is 28.5 Å². The maximum atomic E-state index is 14.2. The van der Waals surface area contributed by atoms with Gasteiger partial charge in [0.1, 0.15) is 23.0 Å². The van der Waals surface area contributed by atoms with Gasteiger partial charge in [-0.3, -0.25) is 9.59 Å². The highest BCUT2D eigenvalue weighted by molar-refractivity contribution is 7.17. The summed E-state index contributed by atoms with van der Waals surface area (Å²) in [5.41, 5.74) is 1.81. The van der Waals surface area contributed by atoms with Crippen molar-refractivity contribution in [1.82, 2.24) is 4.98 Å². The zero-order valence-corrected chi connectivity index (χ0v) is 21.1. The number of nitrogens with zero attached hydrogens (tertiary/aromatic N) is 1. The minimum Gasteiger partial charge on any atom is -0.494 e. The van der Waals surface area contributed by atoms with Crippen LogP contribution < -0.4 is 14.2 Å². The number of hydrogen-bond donors (Lipinski definition) is 0. The number of Topliss-reactive ketones (excluding diaryl/α,β-unsaturated/α-hetero) is 2. The van der Waals surface area contributed by atoms with Gasteiger partial charge in [-0.1, -0.05) is 19.1 Å². The number of aromatic nitrogens is 1. The van der Waals surface area contributed by atoms with E-state index in [9.17, 15) is 14.0 Å². The number of hydrogen-bond acceptors (Lipinski definition) is 7. The topological polar surface area (TPSA) is 74.7 Å². The highest BCUT2D eigenvalue weighted by Crippen LogP contribution is 2.38. The van der Waals surface area contributed by atoms with E-state index < -0.39 is 0 Å². The number of carbonyl (C=O) groups is 2. The van der Waals surface area contributed by atoms with Crippen molar-refractivity contribution in [2.75, 3.05) is 20.8 Å². The molecule has 0 N–H and O–H groups in total. The summed E-state index contributed by atoms with van der Waals surface area (Å²) in [7, 11) is 3.03. The van der Waals surface area contributed by atoms with E-state index in [1.807, 2.05) is 13.0 Å². The van der Waals surface area contributed by atoms with Gasteiger partial charge in [-0.2, -0.15) is 0 Å². The van der Waals surface area contributed by atoms with Crippen LogP contribution in [0.4, 0.5) is 4.39 Å². The Morgan fingerprint density at radius 1 is 0.944 bits per heavy atom. The van der Waals surface area contributed by atoms with Gasteiger partial charge in [0.25, 0.3) is 0 Å². The first-order chi connectivity index (χ1) is 17.5. The number of carbonyl (C=O) groups excluding carboxylic acids is 2. The molecule has 2 aromatic carbocycles. The lowest BCUT2D eigenvalue weighted by Gasteiger charge is -2.11. The number of ether oxygens (including phenoxy) is 3. The summed E-state index contributed by atoms with van der Waals surface area (Å²) in [5.74, 6) is 0.757. The zero-order valence-electron chi connectivity index (χ0n) is 20.3. The SMILES string of the molecule is CCCOc1ccc(C(=O)CCC(=O)c2ccc(OC)c(-c3csc4c(F)cccc34)n2)cc1OC. The van der Waals surface area contributed by atoms with Crippen LogP contribution in [0.5, 0.6) is 17.2 Å². The fourth-order valence-electron chi connectivity index (χ4n) is 3.84. The lowest BCUT2D eigenvalue weighted by atomic mass is 10.0. The Morgan fingerprint density at radius 2 is 1.69 bits per heavy atom. The van der Waals surface area contributed by atoms with Crippen LogP contribution in [0, 0.1) is 5.82 Å². The second-order valence-electron chi connectivity index (χ2n) is 8.07. The smallest absolute Gasteiger partial charge is 0.181 e. The van der Waals surface area contributed by atoms with Crippen LogP contribution in [-0.2, 0) is 0 Å². The molecule has 0 spiro atoms. The minimum atomic E-state index is -0.310. The van der Waals surface area contributed by atoms with E-state index in [1.54, 1.807) is 41.8 Å². The maximum Gasteiger partial charge on any atom is 0.181 e. The summed E-state index contributed by atoms with van der Waals surface area (Å²) < 4.78 is 31.2. The Morgan fingerprint density at radius 3 is 2.44 bits per heavy atom. The fraction of sp³-hybridized carbons (Fsp3) is 0.250. The van der Waals surface area contributed by atoms with Crippen LogP contribution in [0.15, 0.2) is 53.9 Å².